The highest BCUT2D eigenvalue weighted by Crippen LogP contribution is 2.38. The Morgan fingerprint density at radius 2 is 1.42 bits per heavy atom. The third-order valence-electron chi connectivity index (χ3n) is 9.78. The van der Waals surface area contributed by atoms with E-state index in [0.29, 0.717) is 38.8 Å². The number of nitrogens with zero attached hydrogens (tertiary/aromatic N) is 2. The monoisotopic (exact) mass is 674 g/mol. The average molecular weight is 675 g/mol. The van der Waals surface area contributed by atoms with Crippen molar-refractivity contribution in [3.05, 3.63) is 138 Å². The summed E-state index contributed by atoms with van der Waals surface area (Å²) in [6.07, 6.45) is 3.31. The molecule has 4 unspecified atom stereocenters. The first-order valence-corrected chi connectivity index (χ1v) is 18.1. The summed E-state index contributed by atoms with van der Waals surface area (Å²) >= 11 is 0. The van der Waals surface area contributed by atoms with Crippen LogP contribution in [0.4, 0.5) is 10.5 Å². The van der Waals surface area contributed by atoms with Crippen molar-refractivity contribution in [2.45, 2.75) is 89.9 Å². The number of hydrogen-bond acceptors (Lipinski definition) is 6. The summed E-state index contributed by atoms with van der Waals surface area (Å²) in [5.74, 6) is -2.17. The molecule has 2 amide bonds. The summed E-state index contributed by atoms with van der Waals surface area (Å²) in [4.78, 5) is 45.6. The Morgan fingerprint density at radius 3 is 2.02 bits per heavy atom. The lowest BCUT2D eigenvalue weighted by Crippen LogP contribution is -2.44. The van der Waals surface area contributed by atoms with E-state index in [-0.39, 0.29) is 24.9 Å². The molecule has 0 bridgehead atoms. The van der Waals surface area contributed by atoms with Gasteiger partial charge in [0.05, 0.1) is 6.10 Å². The number of anilines is 1. The zero-order valence-electron chi connectivity index (χ0n) is 29.3. The van der Waals surface area contributed by atoms with Crippen molar-refractivity contribution in [2.24, 2.45) is 5.92 Å². The summed E-state index contributed by atoms with van der Waals surface area (Å²) in [5.41, 5.74) is 5.02. The lowest BCUT2D eigenvalue weighted by molar-refractivity contribution is -0.141. The van der Waals surface area contributed by atoms with Crippen molar-refractivity contribution in [1.29, 1.82) is 0 Å². The van der Waals surface area contributed by atoms with Gasteiger partial charge in [0.1, 0.15) is 24.3 Å². The zero-order chi connectivity index (χ0) is 35.3. The predicted octanol–water partition coefficient (Wildman–Crippen LogP) is 9.01. The Morgan fingerprint density at radius 1 is 0.800 bits per heavy atom. The molecule has 0 aliphatic carbocycles. The molecule has 1 N–H and O–H groups in total. The molecule has 1 heterocycles. The molecule has 1 aliphatic heterocycles. The summed E-state index contributed by atoms with van der Waals surface area (Å²) in [6, 6.07) is 37.6. The highest BCUT2D eigenvalue weighted by Gasteiger charge is 2.46. The number of aliphatic hydroxyl groups excluding tert-OH is 1. The molecule has 0 radical (unpaired) electrons. The van der Waals surface area contributed by atoms with Gasteiger partial charge in [-0.1, -0.05) is 130 Å². The number of rotatable bonds is 18. The van der Waals surface area contributed by atoms with Crippen LogP contribution in [0.25, 0.3) is 0 Å². The van der Waals surface area contributed by atoms with Crippen LogP contribution in [0, 0.1) is 5.92 Å². The average Bonchev–Trinajstić information content (AvgIpc) is 3.55. The molecular weight excluding hydrogens is 624 g/mol. The lowest BCUT2D eigenvalue weighted by Gasteiger charge is -2.31. The van der Waals surface area contributed by atoms with Crippen molar-refractivity contribution >= 4 is 23.5 Å². The van der Waals surface area contributed by atoms with E-state index in [9.17, 15) is 19.5 Å². The number of Topliss-reactive ketones (excluding diaryl/α,β-unsaturated/α-hetero) is 1. The topological polar surface area (TPSA) is 87.2 Å². The highest BCUT2D eigenvalue weighted by molar-refractivity contribution is 6.07. The molecule has 5 rings (SSSR count). The Bertz CT molecular complexity index is 1620. The maximum absolute atomic E-state index is 14.6. The number of unbranched alkanes of at least 4 members (excludes halogenated alkanes) is 2. The second kappa shape index (κ2) is 18.3. The lowest BCUT2D eigenvalue weighted by atomic mass is 9.78. The van der Waals surface area contributed by atoms with Gasteiger partial charge in [0.15, 0.2) is 0 Å². The maximum Gasteiger partial charge on any atom is 0.417 e. The van der Waals surface area contributed by atoms with Crippen LogP contribution in [-0.4, -0.2) is 40.5 Å². The van der Waals surface area contributed by atoms with Gasteiger partial charge in [0.2, 0.25) is 5.91 Å². The van der Waals surface area contributed by atoms with Crippen LogP contribution >= 0.6 is 0 Å². The van der Waals surface area contributed by atoms with Crippen LogP contribution in [0.1, 0.15) is 93.0 Å². The highest BCUT2D eigenvalue weighted by atomic mass is 16.6. The van der Waals surface area contributed by atoms with Gasteiger partial charge >= 0.3 is 6.09 Å². The fourth-order valence-electron chi connectivity index (χ4n) is 6.95. The largest absolute Gasteiger partial charge is 0.446 e. The summed E-state index contributed by atoms with van der Waals surface area (Å²) in [7, 11) is 0. The normalized spacial score (nSPS) is 16.0. The van der Waals surface area contributed by atoms with E-state index in [2.05, 4.69) is 41.3 Å². The van der Waals surface area contributed by atoms with Gasteiger partial charge in [-0.3, -0.25) is 9.59 Å². The van der Waals surface area contributed by atoms with Crippen molar-refractivity contribution < 1.29 is 24.2 Å². The number of ketones is 1. The molecule has 1 fully saturated rings. The van der Waals surface area contributed by atoms with E-state index in [1.54, 1.807) is 0 Å². The summed E-state index contributed by atoms with van der Waals surface area (Å²) < 4.78 is 5.44. The molecule has 0 spiro atoms. The number of imide groups is 1. The molecule has 1 saturated heterocycles. The van der Waals surface area contributed by atoms with Gasteiger partial charge < -0.3 is 14.7 Å². The van der Waals surface area contributed by atoms with Crippen molar-refractivity contribution in [2.75, 3.05) is 11.5 Å². The van der Waals surface area contributed by atoms with Crippen molar-refractivity contribution in [1.82, 2.24) is 4.90 Å². The standard InChI is InChI=1S/C43H50N2O5/c1-3-37(46)26-15-8-16-27-40(47)41(42(48)45-39(31-50-43(45)49)34-22-13-7-14-23-34)38(4-2)35-24-17-25-36(28-35)44(29-32-18-9-5-10-19-32)30-33-20-11-6-12-21-33/h5-7,9-14,17-25,28,37-39,41,46H,3-4,8,15-16,26-27,29-31H2,1-2H3. The van der Waals surface area contributed by atoms with Crippen LogP contribution in [0.5, 0.6) is 0 Å². The van der Waals surface area contributed by atoms with E-state index in [1.165, 1.54) is 16.0 Å². The molecule has 4 aromatic carbocycles. The molecular formula is C43H50N2O5. The first-order chi connectivity index (χ1) is 24.4. The third-order valence-corrected chi connectivity index (χ3v) is 9.78. The molecule has 4 aromatic rings. The third kappa shape index (κ3) is 9.48. The number of carbonyl (C=O) groups excluding carboxylic acids is 3. The van der Waals surface area contributed by atoms with Gasteiger partial charge in [-0.2, -0.15) is 0 Å². The van der Waals surface area contributed by atoms with Crippen LogP contribution in [-0.2, 0) is 27.4 Å². The Labute approximate surface area is 296 Å². The number of aliphatic hydroxyl groups is 1. The minimum atomic E-state index is -1.05. The second-order valence-corrected chi connectivity index (χ2v) is 13.3. The molecule has 7 heteroatoms. The number of cyclic esters (lactones) is 1. The van der Waals surface area contributed by atoms with Crippen LogP contribution in [0.15, 0.2) is 115 Å². The summed E-state index contributed by atoms with van der Waals surface area (Å²) in [5, 5.41) is 9.99. The number of hydrogen-bond donors (Lipinski definition) is 1. The van der Waals surface area contributed by atoms with E-state index >= 15 is 0 Å². The molecule has 50 heavy (non-hydrogen) atoms. The van der Waals surface area contributed by atoms with Gasteiger partial charge in [-0.15, -0.1) is 0 Å². The number of carbonyl (C=O) groups is 3. The number of amides is 2. The second-order valence-electron chi connectivity index (χ2n) is 13.3. The van der Waals surface area contributed by atoms with Gasteiger partial charge in [-0.05, 0) is 60.1 Å². The molecule has 0 aromatic heterocycles. The molecule has 4 atom stereocenters. The van der Waals surface area contributed by atoms with Crippen molar-refractivity contribution in [3.63, 3.8) is 0 Å². The first-order valence-electron chi connectivity index (χ1n) is 18.1. The van der Waals surface area contributed by atoms with E-state index in [0.717, 1.165) is 29.7 Å². The Hall–Kier alpha value is -4.75. The summed E-state index contributed by atoms with van der Waals surface area (Å²) in [6.45, 7) is 5.37. The van der Waals surface area contributed by atoms with E-state index in [1.807, 2.05) is 92.7 Å². The fourth-order valence-corrected chi connectivity index (χ4v) is 6.95. The van der Waals surface area contributed by atoms with Gasteiger partial charge in [0.25, 0.3) is 0 Å². The minimum Gasteiger partial charge on any atom is -0.446 e. The van der Waals surface area contributed by atoms with Crippen LogP contribution < -0.4 is 4.90 Å². The van der Waals surface area contributed by atoms with E-state index < -0.39 is 29.9 Å². The van der Waals surface area contributed by atoms with Crippen molar-refractivity contribution in [3.8, 4) is 0 Å². The van der Waals surface area contributed by atoms with Crippen LogP contribution in [0.3, 0.4) is 0 Å². The zero-order valence-corrected chi connectivity index (χ0v) is 29.3. The molecule has 1 aliphatic rings. The predicted molar refractivity (Wildman–Crippen MR) is 198 cm³/mol. The number of benzene rings is 4. The minimum absolute atomic E-state index is 0.0511. The fraction of sp³-hybridized carbons (Fsp3) is 0.372. The van der Waals surface area contributed by atoms with E-state index in [4.69, 9.17) is 4.74 Å². The van der Waals surface area contributed by atoms with Crippen LogP contribution in [0.2, 0.25) is 0 Å². The Kier molecular flexibility index (Phi) is 13.4. The first kappa shape index (κ1) is 36.5. The number of ether oxygens (including phenoxy) is 1. The maximum atomic E-state index is 14.6. The Balaban J connectivity index is 1.47. The van der Waals surface area contributed by atoms with Gasteiger partial charge in [-0.25, -0.2) is 9.69 Å². The molecule has 0 saturated carbocycles. The van der Waals surface area contributed by atoms with Gasteiger partial charge in [0, 0.05) is 31.1 Å². The quantitative estimate of drug-likeness (QED) is 0.0838. The SMILES string of the molecule is CCC(O)CCCCCC(=O)C(C(=O)N1C(=O)OCC1c1ccccc1)C(CC)c1cccc(N(Cc2ccccc2)Cc2ccccc2)c1. The smallest absolute Gasteiger partial charge is 0.417 e. The molecule has 262 valence electrons. The molecule has 7 nitrogen and oxygen atoms in total.